The quantitative estimate of drug-likeness (QED) is 0.0627. The van der Waals surface area contributed by atoms with E-state index in [2.05, 4.69) is 64.9 Å². The second kappa shape index (κ2) is 34.1. The Kier molecular flexibility index (Phi) is 29.4. The van der Waals surface area contributed by atoms with E-state index < -0.39 is 47.6 Å². The molecule has 0 fully saturated rings. The van der Waals surface area contributed by atoms with Gasteiger partial charge in [0.15, 0.2) is 0 Å². The van der Waals surface area contributed by atoms with Gasteiger partial charge in [0.25, 0.3) is 0 Å². The van der Waals surface area contributed by atoms with Gasteiger partial charge < -0.3 is 30.6 Å². The topological polar surface area (TPSA) is 308 Å². The molecule has 446 valence electrons. The van der Waals surface area contributed by atoms with Crippen LogP contribution in [0.4, 0.5) is 26.3 Å². The van der Waals surface area contributed by atoms with E-state index in [1.807, 2.05) is 28.5 Å². The van der Waals surface area contributed by atoms with E-state index >= 15 is 0 Å². The average molecular weight is 1300 g/mol. The number of H-pyrrole nitrogens is 1. The first-order valence-electron chi connectivity index (χ1n) is 22.1. The van der Waals surface area contributed by atoms with Crippen LogP contribution in [0.25, 0.3) is 68.3 Å². The summed E-state index contributed by atoms with van der Waals surface area (Å²) in [6, 6.07) is 33.4. The summed E-state index contributed by atoms with van der Waals surface area (Å²) in [7, 11) is 4.57. The van der Waals surface area contributed by atoms with E-state index in [1.165, 1.54) is 73.3 Å². The molecule has 5 N–H and O–H groups in total. The maximum absolute atomic E-state index is 12.6. The van der Waals surface area contributed by atoms with Crippen LogP contribution in [0, 0.1) is 0 Å². The molecule has 0 saturated carbocycles. The number of pyridine rings is 8. The second-order valence-corrected chi connectivity index (χ2v) is 15.5. The molecule has 0 spiro atoms. The Bertz CT molecular complexity index is 3400. The van der Waals surface area contributed by atoms with E-state index in [1.54, 1.807) is 79.1 Å². The van der Waals surface area contributed by atoms with Crippen molar-refractivity contribution in [3.63, 3.8) is 0 Å². The van der Waals surface area contributed by atoms with Gasteiger partial charge in [-0.05, 0) is 109 Å². The molecule has 0 radical (unpaired) electrons. The van der Waals surface area contributed by atoms with Gasteiger partial charge in [-0.2, -0.15) is 44.9 Å². The molecule has 0 aliphatic carbocycles. The molecule has 0 aromatic carbocycles. The number of carboxylic acids is 4. The summed E-state index contributed by atoms with van der Waals surface area (Å²) in [6.07, 6.45) is -0.356. The zero-order valence-corrected chi connectivity index (χ0v) is 44.0. The number of halogens is 7. The predicted molar refractivity (Wildman–Crippen MR) is 305 cm³/mol. The standard InChI is InChI=1S/C14H9F3N4.C14H8F3N4.2C12H8N2O4.4CH4.ClH.Ru.H2S/c2*15-14(16,17)13-8-12(20-21-13)11-6-3-5-10(19-11)9-4-1-2-7-18-9;2*15-11(16)7-1-3-13-9(5-7)10-6-8(12(17)18)2-4-14-10;;;;;;;/h1-8H,(H,20,21);1-8H;2*1-6H,(H,15,16)(H,17,18);4*1H4;1H;;1H2/q;-1;;;;;;;;+2;/p-1. The molecule has 0 aliphatic rings. The van der Waals surface area contributed by atoms with Gasteiger partial charge in [0.1, 0.15) is 17.1 Å². The number of carboxylic acid groups (broad SMARTS) is 4. The Hall–Kier alpha value is -9.66. The molecule has 10 heterocycles. The fourth-order valence-corrected chi connectivity index (χ4v) is 6.44. The van der Waals surface area contributed by atoms with Gasteiger partial charge in [0.2, 0.25) is 0 Å². The Labute approximate surface area is 502 Å². The van der Waals surface area contributed by atoms with Crippen LogP contribution in [0.15, 0.2) is 171 Å². The first kappa shape index (κ1) is 73.4. The Balaban J connectivity index is 0.000000552. The third-order valence-electron chi connectivity index (χ3n) is 10.1. The number of hydrogen-bond donors (Lipinski definition) is 5. The van der Waals surface area contributed by atoms with Crippen molar-refractivity contribution < 1.29 is 83.3 Å². The normalized spacial score (nSPS) is 10.0. The summed E-state index contributed by atoms with van der Waals surface area (Å²) in [5.74, 6) is -4.30. The number of aromatic nitrogens is 12. The van der Waals surface area contributed by atoms with E-state index in [0.29, 0.717) is 56.9 Å². The van der Waals surface area contributed by atoms with E-state index in [-0.39, 0.29) is 76.8 Å². The molecule has 85 heavy (non-hydrogen) atoms. The van der Waals surface area contributed by atoms with E-state index in [0.717, 1.165) is 12.1 Å². The number of aromatic amines is 1. The number of rotatable bonds is 10. The number of nitrogens with zero attached hydrogens (tertiary/aromatic N) is 11. The molecule has 0 amide bonds. The van der Waals surface area contributed by atoms with Gasteiger partial charge in [-0.1, -0.05) is 59.7 Å². The van der Waals surface area contributed by atoms with Crippen molar-refractivity contribution in [3.8, 4) is 68.3 Å². The van der Waals surface area contributed by atoms with Crippen LogP contribution in [0.2, 0.25) is 0 Å². The van der Waals surface area contributed by atoms with Gasteiger partial charge in [-0.3, -0.25) is 35.0 Å². The molecule has 0 unspecified atom stereocenters. The summed E-state index contributed by atoms with van der Waals surface area (Å²) in [4.78, 5) is 76.0. The first-order chi connectivity index (χ1) is 38.2. The van der Waals surface area contributed by atoms with Crippen LogP contribution in [-0.2, 0) is 29.7 Å². The van der Waals surface area contributed by atoms with E-state index in [4.69, 9.17) is 20.4 Å². The molecule has 0 saturated heterocycles. The van der Waals surface area contributed by atoms with Gasteiger partial charge >= 0.3 is 63.2 Å². The zero-order valence-electron chi connectivity index (χ0n) is 40.5. The van der Waals surface area contributed by atoms with Gasteiger partial charge in [-0.25, -0.2) is 29.1 Å². The van der Waals surface area contributed by atoms with Crippen LogP contribution in [0.1, 0.15) is 82.5 Å². The molecular weight excluding hydrogens is 1250 g/mol. The molecule has 29 heteroatoms. The number of alkyl halides is 6. The van der Waals surface area contributed by atoms with Crippen molar-refractivity contribution in [1.82, 2.24) is 60.3 Å². The van der Waals surface area contributed by atoms with E-state index in [9.17, 15) is 45.5 Å². The number of nitrogens with one attached hydrogen (secondary N) is 1. The number of carbonyl (C=O) groups is 4. The molecule has 0 aliphatic heterocycles. The van der Waals surface area contributed by atoms with Crippen molar-refractivity contribution in [2.75, 3.05) is 0 Å². The summed E-state index contributed by atoms with van der Waals surface area (Å²) >= 11 is 1.82. The summed E-state index contributed by atoms with van der Waals surface area (Å²) in [6.45, 7) is 0. The van der Waals surface area contributed by atoms with Gasteiger partial charge in [0, 0.05) is 37.2 Å². The Morgan fingerprint density at radius 2 is 0.741 bits per heavy atom. The molecule has 20 nitrogen and oxygen atoms in total. The van der Waals surface area contributed by atoms with Gasteiger partial charge in [-0.15, -0.1) is 0 Å². The van der Waals surface area contributed by atoms with Crippen LogP contribution in [0.5, 0.6) is 0 Å². The fourth-order valence-electron chi connectivity index (χ4n) is 6.44. The summed E-state index contributed by atoms with van der Waals surface area (Å²) in [5, 5.41) is 47.7. The number of hydrogen-bond acceptors (Lipinski definition) is 14. The van der Waals surface area contributed by atoms with Crippen molar-refractivity contribution in [3.05, 3.63) is 204 Å². The molecule has 10 rings (SSSR count). The van der Waals surface area contributed by atoms with Gasteiger partial charge in [0.05, 0.1) is 79.2 Å². The van der Waals surface area contributed by atoms with Crippen LogP contribution in [-0.4, -0.2) is 99.5 Å². The SMILES string of the molecule is C.C.C.C.FC(F)(F)c1cc(-c2cccc(-c3ccccn3)n2)[n-]n1.FC(F)(F)c1cc(-c2cccc(-c3ccccn3)n2)n[nH]1.O=C(O)c1ccnc(-c2cc(C(=O)O)ccn2)c1.O=C(O)c1ccnc(-c2cc(C(=O)O)ccn2)c1.S.[Cl][Ru+]. The zero-order chi connectivity index (χ0) is 58.0. The first-order valence-corrected chi connectivity index (χ1v) is 24.4. The Morgan fingerprint density at radius 1 is 0.412 bits per heavy atom. The molecular formula is C56H51ClF6N12O8RuS. The second-order valence-electron chi connectivity index (χ2n) is 15.5. The van der Waals surface area contributed by atoms with Crippen molar-refractivity contribution >= 4 is 47.1 Å². The Morgan fingerprint density at radius 3 is 1.05 bits per heavy atom. The van der Waals surface area contributed by atoms with Crippen molar-refractivity contribution in [2.24, 2.45) is 0 Å². The maximum atomic E-state index is 12.6. The average Bonchev–Trinajstić information content (AvgIpc) is 4.29. The van der Waals surface area contributed by atoms with Crippen LogP contribution >= 0.6 is 23.2 Å². The molecule has 10 aromatic heterocycles. The number of aromatic carboxylic acids is 4. The molecule has 10 aromatic rings. The minimum atomic E-state index is -4.51. The summed E-state index contributed by atoms with van der Waals surface area (Å²) in [5.41, 5.74) is 2.94. The van der Waals surface area contributed by atoms with Crippen LogP contribution < -0.4 is 5.10 Å². The summed E-state index contributed by atoms with van der Waals surface area (Å²) < 4.78 is 75.3. The van der Waals surface area contributed by atoms with Crippen LogP contribution in [0.3, 0.4) is 0 Å². The van der Waals surface area contributed by atoms with Crippen molar-refractivity contribution in [1.29, 1.82) is 0 Å². The fraction of sp³-hybridized carbons (Fsp3) is 0.107. The minimum absolute atomic E-state index is 0. The third kappa shape index (κ3) is 20.9. The molecule has 0 bridgehead atoms. The monoisotopic (exact) mass is 1300 g/mol. The third-order valence-corrected chi connectivity index (χ3v) is 10.1. The molecule has 0 atom stereocenters. The predicted octanol–water partition coefficient (Wildman–Crippen LogP) is 13.2. The van der Waals surface area contributed by atoms with Crippen molar-refractivity contribution in [2.45, 2.75) is 42.1 Å².